The van der Waals surface area contributed by atoms with Crippen LogP contribution in [0.15, 0.2) is 48.5 Å². The zero-order valence-electron chi connectivity index (χ0n) is 15.9. The minimum absolute atomic E-state index is 0.0493. The number of likely N-dealkylation sites (N-methyl/N-ethyl adjacent to an activating group) is 1. The molecule has 2 heterocycles. The van der Waals surface area contributed by atoms with Gasteiger partial charge in [0.1, 0.15) is 5.82 Å². The highest BCUT2D eigenvalue weighted by Gasteiger charge is 2.33. The van der Waals surface area contributed by atoms with Gasteiger partial charge in [0, 0.05) is 47.2 Å². The van der Waals surface area contributed by atoms with Crippen molar-refractivity contribution in [2.24, 2.45) is 0 Å². The van der Waals surface area contributed by atoms with Crippen LogP contribution in [0, 0.1) is 5.82 Å². The molecule has 0 radical (unpaired) electrons. The number of aromatic nitrogens is 2. The second-order valence-corrected chi connectivity index (χ2v) is 7.53. The summed E-state index contributed by atoms with van der Waals surface area (Å²) in [5.41, 5.74) is 1.06. The summed E-state index contributed by atoms with van der Waals surface area (Å²) in [6.07, 6.45) is -4.60. The van der Waals surface area contributed by atoms with Crippen LogP contribution >= 0.6 is 11.6 Å². The lowest BCUT2D eigenvalue weighted by Crippen LogP contribution is -2.26. The number of nitrogens with zero attached hydrogens (tertiary/aromatic N) is 4. The fourth-order valence-corrected chi connectivity index (χ4v) is 3.59. The van der Waals surface area contributed by atoms with Crippen LogP contribution < -0.4 is 4.90 Å². The lowest BCUT2D eigenvalue weighted by atomic mass is 10.0. The first-order valence-corrected chi connectivity index (χ1v) is 9.56. The zero-order valence-corrected chi connectivity index (χ0v) is 16.7. The lowest BCUT2D eigenvalue weighted by molar-refractivity contribution is -0.141. The summed E-state index contributed by atoms with van der Waals surface area (Å²) in [6, 6.07) is 12.5. The first kappa shape index (κ1) is 20.6. The Bertz CT molecular complexity index is 1050. The summed E-state index contributed by atoms with van der Waals surface area (Å²) in [7, 11) is 1.89. The first-order valence-electron chi connectivity index (χ1n) is 9.18. The molecule has 2 aromatic carbocycles. The minimum atomic E-state index is -4.60. The van der Waals surface area contributed by atoms with E-state index in [2.05, 4.69) is 10.2 Å². The maximum Gasteiger partial charge on any atom is 0.435 e. The van der Waals surface area contributed by atoms with E-state index in [1.165, 1.54) is 6.07 Å². The SMILES string of the molecule is CN1CCN(c2ccc(Cl)cc2)c2ccc(-c3ccc(C(F)(F)F)nn3)c(F)c2C1. The normalized spacial score (nSPS) is 15.1. The van der Waals surface area contributed by atoms with E-state index >= 15 is 4.39 Å². The number of benzene rings is 2. The smallest absolute Gasteiger partial charge is 0.340 e. The van der Waals surface area contributed by atoms with Crippen molar-refractivity contribution in [3.05, 3.63) is 70.6 Å². The third-order valence-electron chi connectivity index (χ3n) is 5.01. The van der Waals surface area contributed by atoms with Crippen LogP contribution in [0.5, 0.6) is 0 Å². The van der Waals surface area contributed by atoms with Crippen molar-refractivity contribution in [1.29, 1.82) is 0 Å². The van der Waals surface area contributed by atoms with Gasteiger partial charge in [-0.3, -0.25) is 0 Å². The van der Waals surface area contributed by atoms with Gasteiger partial charge in [-0.1, -0.05) is 11.6 Å². The predicted molar refractivity (Wildman–Crippen MR) is 107 cm³/mol. The van der Waals surface area contributed by atoms with Crippen LogP contribution in [0.1, 0.15) is 11.3 Å². The molecule has 30 heavy (non-hydrogen) atoms. The molecule has 1 aliphatic heterocycles. The van der Waals surface area contributed by atoms with E-state index in [9.17, 15) is 13.2 Å². The molecule has 1 aliphatic rings. The van der Waals surface area contributed by atoms with Crippen molar-refractivity contribution < 1.29 is 17.6 Å². The fraction of sp³-hybridized carbons (Fsp3) is 0.238. The van der Waals surface area contributed by atoms with E-state index in [-0.39, 0.29) is 11.3 Å². The van der Waals surface area contributed by atoms with Crippen LogP contribution in [-0.2, 0) is 12.7 Å². The number of fused-ring (bicyclic) bond motifs is 1. The number of hydrogen-bond donors (Lipinski definition) is 0. The highest BCUT2D eigenvalue weighted by molar-refractivity contribution is 6.30. The molecule has 0 amide bonds. The largest absolute Gasteiger partial charge is 0.435 e. The molecular weight excluding hydrogens is 420 g/mol. The Morgan fingerprint density at radius 1 is 0.933 bits per heavy atom. The fourth-order valence-electron chi connectivity index (χ4n) is 3.47. The van der Waals surface area contributed by atoms with Gasteiger partial charge in [-0.2, -0.15) is 13.2 Å². The van der Waals surface area contributed by atoms with Crippen molar-refractivity contribution in [2.75, 3.05) is 25.0 Å². The summed E-state index contributed by atoms with van der Waals surface area (Å²) in [4.78, 5) is 3.99. The molecule has 0 spiro atoms. The molecule has 0 bridgehead atoms. The molecule has 1 aromatic heterocycles. The van der Waals surface area contributed by atoms with Gasteiger partial charge in [0.05, 0.1) is 5.69 Å². The third kappa shape index (κ3) is 3.97. The Hall–Kier alpha value is -2.71. The van der Waals surface area contributed by atoms with E-state index < -0.39 is 17.7 Å². The topological polar surface area (TPSA) is 32.3 Å². The second-order valence-electron chi connectivity index (χ2n) is 7.09. The zero-order chi connectivity index (χ0) is 21.5. The van der Waals surface area contributed by atoms with Gasteiger partial charge in [-0.15, -0.1) is 10.2 Å². The Balaban J connectivity index is 1.78. The van der Waals surface area contributed by atoms with E-state index in [1.807, 2.05) is 29.0 Å². The van der Waals surface area contributed by atoms with Crippen LogP contribution in [0.25, 0.3) is 11.3 Å². The van der Waals surface area contributed by atoms with Gasteiger partial charge in [-0.05, 0) is 55.6 Å². The van der Waals surface area contributed by atoms with Crippen LogP contribution in [0.3, 0.4) is 0 Å². The average molecular weight is 437 g/mol. The lowest BCUT2D eigenvalue weighted by Gasteiger charge is -2.25. The quantitative estimate of drug-likeness (QED) is 0.494. The Morgan fingerprint density at radius 2 is 1.67 bits per heavy atom. The second kappa shape index (κ2) is 7.85. The molecule has 0 unspecified atom stereocenters. The number of hydrogen-bond acceptors (Lipinski definition) is 4. The van der Waals surface area contributed by atoms with Gasteiger partial charge in [0.25, 0.3) is 0 Å². The Labute approximate surface area is 175 Å². The summed E-state index contributed by atoms with van der Waals surface area (Å²) in [5, 5.41) is 7.42. The van der Waals surface area contributed by atoms with Crippen molar-refractivity contribution in [3.8, 4) is 11.3 Å². The van der Waals surface area contributed by atoms with E-state index in [0.29, 0.717) is 35.9 Å². The maximum absolute atomic E-state index is 15.5. The summed E-state index contributed by atoms with van der Waals surface area (Å²) in [6.45, 7) is 1.70. The predicted octanol–water partition coefficient (Wildman–Crippen LogP) is 5.54. The standard InChI is InChI=1S/C21H17ClF4N4/c1-29-10-11-30(14-4-2-13(22)3-5-14)18-8-6-15(20(23)16(18)12-29)17-7-9-19(28-27-17)21(24,25)26/h2-9H,10-12H2,1H3. The molecule has 9 heteroatoms. The van der Waals surface area contributed by atoms with E-state index in [4.69, 9.17) is 11.6 Å². The molecule has 4 rings (SSSR count). The molecule has 0 aliphatic carbocycles. The molecule has 3 aromatic rings. The highest BCUT2D eigenvalue weighted by Crippen LogP contribution is 2.37. The molecule has 156 valence electrons. The number of anilines is 2. The van der Waals surface area contributed by atoms with Gasteiger partial charge < -0.3 is 9.80 Å². The molecular formula is C21H17ClF4N4. The third-order valence-corrected chi connectivity index (χ3v) is 5.26. The van der Waals surface area contributed by atoms with Crippen LogP contribution in [0.4, 0.5) is 28.9 Å². The summed E-state index contributed by atoms with van der Waals surface area (Å²) in [5.74, 6) is -0.519. The summed E-state index contributed by atoms with van der Waals surface area (Å²) < 4.78 is 53.8. The number of halogens is 5. The first-order chi connectivity index (χ1) is 14.2. The molecule has 0 saturated carbocycles. The molecule has 0 fully saturated rings. The van der Waals surface area contributed by atoms with E-state index in [1.54, 1.807) is 18.2 Å². The molecule has 0 N–H and O–H groups in total. The molecule has 4 nitrogen and oxygen atoms in total. The Morgan fingerprint density at radius 3 is 2.30 bits per heavy atom. The van der Waals surface area contributed by atoms with Gasteiger partial charge in [0.2, 0.25) is 0 Å². The molecule has 0 atom stereocenters. The van der Waals surface area contributed by atoms with Crippen molar-refractivity contribution in [1.82, 2.24) is 15.1 Å². The maximum atomic E-state index is 15.5. The average Bonchev–Trinajstić information content (AvgIpc) is 2.88. The van der Waals surface area contributed by atoms with Gasteiger partial charge in [0.15, 0.2) is 5.69 Å². The van der Waals surface area contributed by atoms with Crippen molar-refractivity contribution in [2.45, 2.75) is 12.7 Å². The number of rotatable bonds is 2. The van der Waals surface area contributed by atoms with Gasteiger partial charge >= 0.3 is 6.18 Å². The summed E-state index contributed by atoms with van der Waals surface area (Å²) >= 11 is 5.99. The van der Waals surface area contributed by atoms with Crippen molar-refractivity contribution in [3.63, 3.8) is 0 Å². The monoisotopic (exact) mass is 436 g/mol. The van der Waals surface area contributed by atoms with Crippen LogP contribution in [0.2, 0.25) is 5.02 Å². The van der Waals surface area contributed by atoms with Crippen LogP contribution in [-0.4, -0.2) is 35.2 Å². The number of alkyl halides is 3. The van der Waals surface area contributed by atoms with Gasteiger partial charge in [-0.25, -0.2) is 4.39 Å². The van der Waals surface area contributed by atoms with E-state index in [0.717, 1.165) is 17.8 Å². The highest BCUT2D eigenvalue weighted by atomic mass is 35.5. The molecule has 0 saturated heterocycles. The van der Waals surface area contributed by atoms with Crippen molar-refractivity contribution >= 4 is 23.0 Å². The minimum Gasteiger partial charge on any atom is -0.340 e. The Kier molecular flexibility index (Phi) is 5.38.